The molecule has 0 spiro atoms. The molecule has 0 aromatic heterocycles. The molecule has 0 radical (unpaired) electrons. The van der Waals surface area contributed by atoms with Gasteiger partial charge in [-0.15, -0.1) is 0 Å². The van der Waals surface area contributed by atoms with E-state index in [-0.39, 0.29) is 24.3 Å². The summed E-state index contributed by atoms with van der Waals surface area (Å²) in [7, 11) is 0. The Hall–Kier alpha value is -14.3. The van der Waals surface area contributed by atoms with Crippen LogP contribution in [0.3, 0.4) is 0 Å². The molecule has 0 bridgehead atoms. The number of benzene rings is 17. The van der Waals surface area contributed by atoms with E-state index >= 15 is 0 Å². The number of rotatable bonds is 14. The third kappa shape index (κ3) is 12.1. The first-order valence-electron chi connectivity index (χ1n) is 41.3. The monoisotopic (exact) mass is 1510 g/mol. The van der Waals surface area contributed by atoms with Gasteiger partial charge in [-0.1, -0.05) is 339 Å². The first kappa shape index (κ1) is 71.5. The Labute approximate surface area is 693 Å². The molecule has 4 heterocycles. The Kier molecular flexibility index (Phi) is 17.5. The Bertz CT molecular complexity index is 6540. The average Bonchev–Trinajstić information content (AvgIpc) is 0.672. The van der Waals surface area contributed by atoms with Gasteiger partial charge in [-0.25, -0.2) is 0 Å². The molecule has 0 saturated heterocycles. The van der Waals surface area contributed by atoms with Gasteiger partial charge < -0.3 is 29.4 Å². The zero-order valence-corrected chi connectivity index (χ0v) is 67.1. The molecule has 562 valence electrons. The molecule has 0 atom stereocenters. The fourth-order valence-corrected chi connectivity index (χ4v) is 19.0. The number of nitrogens with zero attached hydrogens (tertiary/aromatic N) is 6. The minimum Gasteiger partial charge on any atom is -0.311 e. The van der Waals surface area contributed by atoms with Crippen molar-refractivity contribution >= 4 is 149 Å². The molecule has 118 heavy (non-hydrogen) atoms. The summed E-state index contributed by atoms with van der Waals surface area (Å²) in [6.07, 6.45) is 0. The average molecular weight is 1510 g/mol. The smallest absolute Gasteiger partial charge is 0.252 e. The highest BCUT2D eigenvalue weighted by molar-refractivity contribution is 7.03. The highest BCUT2D eigenvalue weighted by Crippen LogP contribution is 2.56. The van der Waals surface area contributed by atoms with Crippen LogP contribution < -0.4 is 62.2 Å². The molecule has 4 aliphatic rings. The SMILES string of the molecule is CC(C)(C)c1ccc(-c2cccc(-c3ccc(C(C)(C)C)cc3)c2N2c3cc4c(cc3B3c5ccccc5N(c5ccccc5)c5cc(N(c6ccccc6)c6ccccc6)cc2c53)B2c3ccccc3N(c3ccccc3-c3ccccc3)c3cc(N(c5ccccc5)c5ccccc5-c5ccccc5)cc(c32)N4c2ccccc2)cc1. The molecular weight excluding hydrogens is 1430 g/mol. The first-order valence-corrected chi connectivity index (χ1v) is 41.3. The van der Waals surface area contributed by atoms with Crippen molar-refractivity contribution in [1.82, 2.24) is 0 Å². The van der Waals surface area contributed by atoms with E-state index in [1.54, 1.807) is 0 Å². The molecule has 6 nitrogen and oxygen atoms in total. The van der Waals surface area contributed by atoms with E-state index in [0.717, 1.165) is 147 Å². The van der Waals surface area contributed by atoms with Crippen molar-refractivity contribution in [2.75, 3.05) is 29.4 Å². The Morgan fingerprint density at radius 3 is 1.02 bits per heavy atom. The lowest BCUT2D eigenvalue weighted by atomic mass is 9.30. The van der Waals surface area contributed by atoms with E-state index < -0.39 is 0 Å². The van der Waals surface area contributed by atoms with Crippen molar-refractivity contribution in [3.8, 4) is 44.5 Å². The van der Waals surface area contributed by atoms with Crippen molar-refractivity contribution in [3.63, 3.8) is 0 Å². The zero-order chi connectivity index (χ0) is 79.3. The standard InChI is InChI=1S/C110H86B2N6/c1-109(2,3)79-65-61-77(62-66-79)90-53-36-54-91(78-63-67-80(68-64-78)110(4,5)6)108(90)118-101-74-100-94(73-95(101)111-92-55-30-34-59-98(92)115(84-47-24-12-25-48-84)102-69-86(70-105(118)107(102)111)113(81-41-18-9-19-42-81)82-43-20-10-21-44-82)112-93-56-31-35-60-99(93)117(97-58-33-29-52-89(97)76-39-16-8-17-40-76)104-72-87(71-103(106(104)112)116(100)85-49-26-13-27-50-85)114(83-45-22-11-23-46-83)96-57-32-28-51-88(96)75-37-14-7-15-38-75/h7-74H,1-6H3. The minimum atomic E-state index is -0.287. The fraction of sp³-hybridized carbons (Fsp3) is 0.0727. The van der Waals surface area contributed by atoms with Gasteiger partial charge in [-0.2, -0.15) is 0 Å². The van der Waals surface area contributed by atoms with Gasteiger partial charge in [0.1, 0.15) is 0 Å². The highest BCUT2D eigenvalue weighted by Gasteiger charge is 2.50. The van der Waals surface area contributed by atoms with Gasteiger partial charge in [0.05, 0.1) is 28.4 Å². The third-order valence-corrected chi connectivity index (χ3v) is 24.5. The largest absolute Gasteiger partial charge is 0.311 e. The van der Waals surface area contributed by atoms with Gasteiger partial charge in [0.25, 0.3) is 13.4 Å². The number of hydrogen-bond donors (Lipinski definition) is 0. The molecule has 21 rings (SSSR count). The van der Waals surface area contributed by atoms with Gasteiger partial charge >= 0.3 is 0 Å². The van der Waals surface area contributed by atoms with E-state index in [9.17, 15) is 0 Å². The molecule has 4 aliphatic heterocycles. The van der Waals surface area contributed by atoms with Crippen LogP contribution in [0.15, 0.2) is 413 Å². The van der Waals surface area contributed by atoms with Crippen LogP contribution in [0.5, 0.6) is 0 Å². The molecule has 0 unspecified atom stereocenters. The lowest BCUT2D eigenvalue weighted by molar-refractivity contribution is 0.590. The summed E-state index contributed by atoms with van der Waals surface area (Å²) in [5.41, 5.74) is 38.1. The van der Waals surface area contributed by atoms with Crippen LogP contribution in [-0.4, -0.2) is 13.4 Å². The Morgan fingerprint density at radius 1 is 0.212 bits per heavy atom. The quantitative estimate of drug-likeness (QED) is 0.100. The van der Waals surface area contributed by atoms with E-state index in [0.29, 0.717) is 0 Å². The third-order valence-electron chi connectivity index (χ3n) is 24.5. The summed E-state index contributed by atoms with van der Waals surface area (Å²) >= 11 is 0. The summed E-state index contributed by atoms with van der Waals surface area (Å²) in [5, 5.41) is 0. The predicted octanol–water partition coefficient (Wildman–Crippen LogP) is 26.1. The first-order chi connectivity index (χ1) is 57.9. The van der Waals surface area contributed by atoms with E-state index in [1.807, 2.05) is 0 Å². The molecule has 8 heteroatoms. The maximum Gasteiger partial charge on any atom is 0.252 e. The molecule has 17 aromatic rings. The van der Waals surface area contributed by atoms with Crippen LogP contribution in [0.25, 0.3) is 44.5 Å². The van der Waals surface area contributed by atoms with Crippen LogP contribution in [0.1, 0.15) is 52.7 Å². The lowest BCUT2D eigenvalue weighted by Crippen LogP contribution is -2.65. The maximum atomic E-state index is 2.73. The summed E-state index contributed by atoms with van der Waals surface area (Å²) in [5.74, 6) is 0. The van der Waals surface area contributed by atoms with Crippen LogP contribution in [0.4, 0.5) is 102 Å². The second-order valence-electron chi connectivity index (χ2n) is 33.6. The molecule has 17 aromatic carbocycles. The highest BCUT2D eigenvalue weighted by atomic mass is 15.2. The molecule has 0 N–H and O–H groups in total. The maximum absolute atomic E-state index is 2.73. The molecule has 0 fully saturated rings. The number of anilines is 18. The van der Waals surface area contributed by atoms with Gasteiger partial charge in [0.2, 0.25) is 0 Å². The topological polar surface area (TPSA) is 19.4 Å². The molecular formula is C110H86B2N6. The van der Waals surface area contributed by atoms with E-state index in [2.05, 4.69) is 483 Å². The van der Waals surface area contributed by atoms with Crippen molar-refractivity contribution < 1.29 is 0 Å². The fourth-order valence-electron chi connectivity index (χ4n) is 19.0. The number of fused-ring (bicyclic) bond motifs is 8. The minimum absolute atomic E-state index is 0.0806. The van der Waals surface area contributed by atoms with Crippen molar-refractivity contribution in [3.05, 3.63) is 424 Å². The molecule has 0 aliphatic carbocycles. The van der Waals surface area contributed by atoms with Crippen LogP contribution >= 0.6 is 0 Å². The lowest BCUT2D eigenvalue weighted by Gasteiger charge is -2.48. The van der Waals surface area contributed by atoms with Crippen LogP contribution in [0, 0.1) is 0 Å². The summed E-state index contributed by atoms with van der Waals surface area (Å²) in [6.45, 7) is 13.3. The van der Waals surface area contributed by atoms with Gasteiger partial charge in [-0.3, -0.25) is 0 Å². The number of para-hydroxylation sites is 10. The summed E-state index contributed by atoms with van der Waals surface area (Å²) < 4.78 is 0. The van der Waals surface area contributed by atoms with Gasteiger partial charge in [0, 0.05) is 96.2 Å². The van der Waals surface area contributed by atoms with Crippen LogP contribution in [-0.2, 0) is 10.8 Å². The van der Waals surface area contributed by atoms with Crippen molar-refractivity contribution in [2.45, 2.75) is 52.4 Å². The number of hydrogen-bond acceptors (Lipinski definition) is 6. The summed E-state index contributed by atoms with van der Waals surface area (Å²) in [6, 6.07) is 155. The summed E-state index contributed by atoms with van der Waals surface area (Å²) in [4.78, 5) is 15.5. The molecule has 0 saturated carbocycles. The second kappa shape index (κ2) is 28.9. The molecule has 0 amide bonds. The van der Waals surface area contributed by atoms with Gasteiger partial charge in [-0.05, 0) is 192 Å². The normalized spacial score (nSPS) is 12.9. The van der Waals surface area contributed by atoms with Crippen molar-refractivity contribution in [2.24, 2.45) is 0 Å². The second-order valence-corrected chi connectivity index (χ2v) is 33.6. The van der Waals surface area contributed by atoms with E-state index in [1.165, 1.54) is 43.9 Å². The van der Waals surface area contributed by atoms with Crippen LogP contribution in [0.2, 0.25) is 0 Å². The Balaban J connectivity index is 0.927. The predicted molar refractivity (Wildman–Crippen MR) is 503 cm³/mol. The van der Waals surface area contributed by atoms with Crippen molar-refractivity contribution in [1.29, 1.82) is 0 Å². The zero-order valence-electron chi connectivity index (χ0n) is 67.1. The van der Waals surface area contributed by atoms with Gasteiger partial charge in [0.15, 0.2) is 0 Å². The Morgan fingerprint density at radius 2 is 0.542 bits per heavy atom. The van der Waals surface area contributed by atoms with E-state index in [4.69, 9.17) is 0 Å².